The Labute approximate surface area is 149 Å². The molecule has 5 nitrogen and oxygen atoms in total. The van der Waals surface area contributed by atoms with Gasteiger partial charge in [-0.3, -0.25) is 9.89 Å². The van der Waals surface area contributed by atoms with Gasteiger partial charge in [0.2, 0.25) is 0 Å². The molecule has 0 spiro atoms. The Bertz CT molecular complexity index is 376. The zero-order valence-corrected chi connectivity index (χ0v) is 16.4. The van der Waals surface area contributed by atoms with Crippen LogP contribution in [0.25, 0.3) is 0 Å². The van der Waals surface area contributed by atoms with Crippen LogP contribution in [0, 0.1) is 0 Å². The Balaban J connectivity index is 1.70. The highest BCUT2D eigenvalue weighted by Gasteiger charge is 2.23. The van der Waals surface area contributed by atoms with Crippen LogP contribution < -0.4 is 10.6 Å². The lowest BCUT2D eigenvalue weighted by Crippen LogP contribution is -2.52. The number of aliphatic imine (C=N–C) groups is 1. The molecule has 2 N–H and O–H groups in total. The topological polar surface area (TPSA) is 42.9 Å². The van der Waals surface area contributed by atoms with E-state index in [4.69, 9.17) is 0 Å². The monoisotopic (exact) mass is 337 g/mol. The van der Waals surface area contributed by atoms with Crippen LogP contribution in [0.15, 0.2) is 4.99 Å². The number of nitrogens with zero attached hydrogens (tertiary/aromatic N) is 3. The summed E-state index contributed by atoms with van der Waals surface area (Å²) in [6.07, 6.45) is 7.77. The molecule has 0 radical (unpaired) electrons. The fourth-order valence-electron chi connectivity index (χ4n) is 4.14. The molecule has 0 aromatic carbocycles. The van der Waals surface area contributed by atoms with E-state index in [-0.39, 0.29) is 0 Å². The lowest BCUT2D eigenvalue weighted by atomic mass is 10.0. The van der Waals surface area contributed by atoms with Crippen LogP contribution in [-0.4, -0.2) is 73.7 Å². The Kier molecular flexibility index (Phi) is 8.33. The second kappa shape index (κ2) is 10.2. The summed E-state index contributed by atoms with van der Waals surface area (Å²) < 4.78 is 0. The smallest absolute Gasteiger partial charge is 0.191 e. The van der Waals surface area contributed by atoms with Gasteiger partial charge in [0, 0.05) is 44.8 Å². The first-order valence-electron chi connectivity index (χ1n) is 10.1. The minimum absolute atomic E-state index is 0.560. The van der Waals surface area contributed by atoms with Gasteiger partial charge in [-0.25, -0.2) is 0 Å². The largest absolute Gasteiger partial charge is 0.355 e. The van der Waals surface area contributed by atoms with Crippen LogP contribution in [0.4, 0.5) is 0 Å². The molecule has 2 fully saturated rings. The number of nitrogens with one attached hydrogen (secondary N) is 2. The summed E-state index contributed by atoms with van der Waals surface area (Å²) >= 11 is 0. The van der Waals surface area contributed by atoms with Crippen LogP contribution in [-0.2, 0) is 0 Å². The number of guanidine groups is 1. The van der Waals surface area contributed by atoms with Crippen molar-refractivity contribution in [2.24, 2.45) is 4.99 Å². The van der Waals surface area contributed by atoms with E-state index in [1.807, 2.05) is 7.05 Å². The van der Waals surface area contributed by atoms with E-state index < -0.39 is 0 Å². The fraction of sp³-hybridized carbons (Fsp3) is 0.947. The molecule has 0 bridgehead atoms. The maximum atomic E-state index is 4.44. The lowest BCUT2D eigenvalue weighted by Gasteiger charge is -2.38. The number of likely N-dealkylation sites (tertiary alicyclic amines) is 2. The second-order valence-electron chi connectivity index (χ2n) is 7.65. The molecule has 140 valence electrons. The van der Waals surface area contributed by atoms with Gasteiger partial charge in [-0.05, 0) is 59.0 Å². The predicted octanol–water partition coefficient (Wildman–Crippen LogP) is 2.29. The van der Waals surface area contributed by atoms with Gasteiger partial charge in [-0.2, -0.15) is 0 Å². The highest BCUT2D eigenvalue weighted by atomic mass is 15.2. The average molecular weight is 338 g/mol. The standard InChI is InChI=1S/C19H39N5/c1-5-11-23-13-9-18(10-14-23)22-19(20-4)21-15-17(3)24-12-7-6-8-16(24)2/h16-18H,5-15H2,1-4H3,(H2,20,21,22). The van der Waals surface area contributed by atoms with Crippen molar-refractivity contribution in [3.05, 3.63) is 0 Å². The SMILES string of the molecule is CCCN1CCC(NC(=NC)NCC(C)N2CCCCC2C)CC1. The van der Waals surface area contributed by atoms with Gasteiger partial charge >= 0.3 is 0 Å². The van der Waals surface area contributed by atoms with E-state index in [1.165, 1.54) is 64.7 Å². The second-order valence-corrected chi connectivity index (χ2v) is 7.65. The Morgan fingerprint density at radius 2 is 1.92 bits per heavy atom. The zero-order valence-electron chi connectivity index (χ0n) is 16.4. The summed E-state index contributed by atoms with van der Waals surface area (Å²) in [6.45, 7) is 12.9. The van der Waals surface area contributed by atoms with Gasteiger partial charge in [-0.15, -0.1) is 0 Å². The molecule has 0 aromatic heterocycles. The molecule has 2 aliphatic rings. The Morgan fingerprint density at radius 1 is 1.17 bits per heavy atom. The first-order valence-corrected chi connectivity index (χ1v) is 10.1. The van der Waals surface area contributed by atoms with Crippen molar-refractivity contribution in [1.29, 1.82) is 0 Å². The molecule has 0 aliphatic carbocycles. The summed E-state index contributed by atoms with van der Waals surface area (Å²) in [6, 6.07) is 1.84. The molecule has 2 rings (SSSR count). The molecule has 0 saturated carbocycles. The molecule has 2 atom stereocenters. The molecule has 5 heteroatoms. The third kappa shape index (κ3) is 5.92. The fourth-order valence-corrected chi connectivity index (χ4v) is 4.14. The van der Waals surface area contributed by atoms with Crippen LogP contribution in [0.3, 0.4) is 0 Å². The van der Waals surface area contributed by atoms with E-state index in [1.54, 1.807) is 0 Å². The lowest BCUT2D eigenvalue weighted by molar-refractivity contribution is 0.115. The highest BCUT2D eigenvalue weighted by molar-refractivity contribution is 5.80. The van der Waals surface area contributed by atoms with E-state index in [2.05, 4.69) is 46.2 Å². The molecule has 2 saturated heterocycles. The normalized spacial score (nSPS) is 26.3. The summed E-state index contributed by atoms with van der Waals surface area (Å²) in [5.74, 6) is 0.973. The minimum Gasteiger partial charge on any atom is -0.355 e. The summed E-state index contributed by atoms with van der Waals surface area (Å²) in [7, 11) is 1.88. The molecular formula is C19H39N5. The zero-order chi connectivity index (χ0) is 17.4. The molecular weight excluding hydrogens is 298 g/mol. The van der Waals surface area contributed by atoms with Crippen molar-refractivity contribution in [3.8, 4) is 0 Å². The number of hydrogen-bond acceptors (Lipinski definition) is 3. The first-order chi connectivity index (χ1) is 11.6. The van der Waals surface area contributed by atoms with Crippen LogP contribution in [0.2, 0.25) is 0 Å². The van der Waals surface area contributed by atoms with E-state index >= 15 is 0 Å². The third-order valence-corrected chi connectivity index (χ3v) is 5.68. The number of hydrogen-bond donors (Lipinski definition) is 2. The molecule has 24 heavy (non-hydrogen) atoms. The van der Waals surface area contributed by atoms with Crippen molar-refractivity contribution in [2.45, 2.75) is 77.4 Å². The predicted molar refractivity (Wildman–Crippen MR) is 104 cm³/mol. The van der Waals surface area contributed by atoms with Gasteiger partial charge in [0.05, 0.1) is 0 Å². The van der Waals surface area contributed by atoms with Crippen LogP contribution >= 0.6 is 0 Å². The molecule has 2 aliphatic heterocycles. The van der Waals surface area contributed by atoms with Crippen LogP contribution in [0.5, 0.6) is 0 Å². The minimum atomic E-state index is 0.560. The summed E-state index contributed by atoms with van der Waals surface area (Å²) in [5.41, 5.74) is 0. The summed E-state index contributed by atoms with van der Waals surface area (Å²) in [4.78, 5) is 9.66. The first kappa shape index (κ1) is 19.5. The number of rotatable bonds is 6. The molecule has 0 aromatic rings. The molecule has 0 amide bonds. The molecule has 2 unspecified atom stereocenters. The van der Waals surface area contributed by atoms with Crippen molar-refractivity contribution in [2.75, 3.05) is 39.8 Å². The van der Waals surface area contributed by atoms with Gasteiger partial charge in [0.1, 0.15) is 0 Å². The van der Waals surface area contributed by atoms with Gasteiger partial charge in [-0.1, -0.05) is 13.3 Å². The van der Waals surface area contributed by atoms with E-state index in [0.29, 0.717) is 18.1 Å². The van der Waals surface area contributed by atoms with Crippen molar-refractivity contribution in [1.82, 2.24) is 20.4 Å². The Morgan fingerprint density at radius 3 is 2.54 bits per heavy atom. The number of piperidine rings is 2. The average Bonchev–Trinajstić information content (AvgIpc) is 2.60. The Hall–Kier alpha value is -0.810. The van der Waals surface area contributed by atoms with Crippen molar-refractivity contribution < 1.29 is 0 Å². The molecule has 2 heterocycles. The maximum Gasteiger partial charge on any atom is 0.191 e. The van der Waals surface area contributed by atoms with E-state index in [0.717, 1.165) is 12.5 Å². The van der Waals surface area contributed by atoms with Gasteiger partial charge in [0.25, 0.3) is 0 Å². The van der Waals surface area contributed by atoms with Crippen molar-refractivity contribution >= 4 is 5.96 Å². The van der Waals surface area contributed by atoms with Crippen LogP contribution in [0.1, 0.15) is 59.3 Å². The van der Waals surface area contributed by atoms with Crippen molar-refractivity contribution in [3.63, 3.8) is 0 Å². The maximum absolute atomic E-state index is 4.44. The van der Waals surface area contributed by atoms with Gasteiger partial charge in [0.15, 0.2) is 5.96 Å². The summed E-state index contributed by atoms with van der Waals surface area (Å²) in [5, 5.41) is 7.19. The highest BCUT2D eigenvalue weighted by Crippen LogP contribution is 2.18. The van der Waals surface area contributed by atoms with E-state index in [9.17, 15) is 0 Å². The van der Waals surface area contributed by atoms with Gasteiger partial charge < -0.3 is 15.5 Å². The quantitative estimate of drug-likeness (QED) is 0.576. The third-order valence-electron chi connectivity index (χ3n) is 5.68.